The van der Waals surface area contributed by atoms with Gasteiger partial charge in [0.2, 0.25) is 0 Å². The van der Waals surface area contributed by atoms with Crippen LogP contribution < -0.4 is 14.5 Å². The lowest BCUT2D eigenvalue weighted by atomic mass is 10.2. The van der Waals surface area contributed by atoms with Crippen molar-refractivity contribution in [1.82, 2.24) is 4.31 Å². The first-order valence-corrected chi connectivity index (χ1v) is 10.7. The number of hydrogen-bond acceptors (Lipinski definition) is 5. The molecule has 29 heavy (non-hydrogen) atoms. The Morgan fingerprint density at radius 1 is 0.966 bits per heavy atom. The van der Waals surface area contributed by atoms with Crippen LogP contribution in [0.4, 0.5) is 17.1 Å². The van der Waals surface area contributed by atoms with Gasteiger partial charge in [-0.15, -0.1) is 0 Å². The lowest BCUT2D eigenvalue weighted by molar-refractivity contribution is 0.102. The van der Waals surface area contributed by atoms with E-state index in [0.29, 0.717) is 16.9 Å². The number of anilines is 3. The Morgan fingerprint density at radius 3 is 2.10 bits per heavy atom. The molecule has 1 saturated heterocycles. The van der Waals surface area contributed by atoms with Gasteiger partial charge in [-0.3, -0.25) is 9.10 Å². The molecule has 2 aromatic carbocycles. The normalized spacial score (nSPS) is 14.7. The van der Waals surface area contributed by atoms with Crippen LogP contribution in [0.3, 0.4) is 0 Å². The first kappa shape index (κ1) is 21.1. The van der Waals surface area contributed by atoms with E-state index in [2.05, 4.69) is 10.2 Å². The number of amides is 1. The maximum absolute atomic E-state index is 12.5. The molecule has 9 heteroatoms. The van der Waals surface area contributed by atoms with E-state index in [4.69, 9.17) is 4.74 Å². The number of morpholine rings is 1. The number of hydrogen-bond donors (Lipinski definition) is 1. The van der Waals surface area contributed by atoms with E-state index in [1.807, 2.05) is 24.3 Å². The molecule has 0 bridgehead atoms. The van der Waals surface area contributed by atoms with Crippen LogP contribution in [0, 0.1) is 0 Å². The summed E-state index contributed by atoms with van der Waals surface area (Å²) in [6.45, 7) is 3.16. The summed E-state index contributed by atoms with van der Waals surface area (Å²) in [7, 11) is 0.842. The van der Waals surface area contributed by atoms with Crippen molar-refractivity contribution in [3.8, 4) is 0 Å². The standard InChI is InChI=1S/C20H26N4O4S/c1-22(2)29(26,27)23(3)18-8-4-16(5-9-18)20(25)21-17-6-10-19(11-7-17)24-12-14-28-15-13-24/h4-11H,12-15H2,1-3H3,(H,21,25). The van der Waals surface area contributed by atoms with Crippen molar-refractivity contribution in [2.45, 2.75) is 0 Å². The third-order valence-corrected chi connectivity index (χ3v) is 6.63. The highest BCUT2D eigenvalue weighted by Crippen LogP contribution is 2.21. The molecule has 0 atom stereocenters. The van der Waals surface area contributed by atoms with Gasteiger partial charge in [-0.2, -0.15) is 12.7 Å². The third-order valence-electron chi connectivity index (χ3n) is 4.80. The van der Waals surface area contributed by atoms with Crippen molar-refractivity contribution in [1.29, 1.82) is 0 Å². The molecule has 0 saturated carbocycles. The van der Waals surface area contributed by atoms with E-state index < -0.39 is 10.2 Å². The van der Waals surface area contributed by atoms with E-state index in [-0.39, 0.29) is 5.91 Å². The summed E-state index contributed by atoms with van der Waals surface area (Å²) in [6.07, 6.45) is 0. The Balaban J connectivity index is 1.65. The van der Waals surface area contributed by atoms with Crippen LogP contribution in [-0.4, -0.2) is 66.1 Å². The molecule has 0 radical (unpaired) electrons. The largest absolute Gasteiger partial charge is 0.378 e. The highest BCUT2D eigenvalue weighted by Gasteiger charge is 2.21. The average molecular weight is 419 g/mol. The molecule has 0 aromatic heterocycles. The number of carbonyl (C=O) groups is 1. The maximum Gasteiger partial charge on any atom is 0.303 e. The Hall–Kier alpha value is -2.62. The first-order valence-electron chi connectivity index (χ1n) is 9.29. The van der Waals surface area contributed by atoms with Gasteiger partial charge in [-0.1, -0.05) is 0 Å². The van der Waals surface area contributed by atoms with Gasteiger partial charge >= 0.3 is 10.2 Å². The number of nitrogens with one attached hydrogen (secondary N) is 1. The van der Waals surface area contributed by atoms with Crippen molar-refractivity contribution in [2.75, 3.05) is 62.0 Å². The lowest BCUT2D eigenvalue weighted by Crippen LogP contribution is -2.37. The summed E-state index contributed by atoms with van der Waals surface area (Å²) in [6, 6.07) is 14.1. The minimum absolute atomic E-state index is 0.256. The molecule has 156 valence electrons. The average Bonchev–Trinajstić information content (AvgIpc) is 2.74. The van der Waals surface area contributed by atoms with Crippen LogP contribution in [-0.2, 0) is 14.9 Å². The van der Waals surface area contributed by atoms with E-state index in [9.17, 15) is 13.2 Å². The van der Waals surface area contributed by atoms with E-state index in [1.165, 1.54) is 25.4 Å². The Bertz CT molecular complexity index is 937. The van der Waals surface area contributed by atoms with Gasteiger partial charge in [-0.25, -0.2) is 0 Å². The summed E-state index contributed by atoms with van der Waals surface area (Å²) in [5.74, 6) is -0.256. The van der Waals surface area contributed by atoms with Crippen molar-refractivity contribution < 1.29 is 17.9 Å². The fraction of sp³-hybridized carbons (Fsp3) is 0.350. The van der Waals surface area contributed by atoms with Crippen LogP contribution >= 0.6 is 0 Å². The summed E-state index contributed by atoms with van der Waals surface area (Å²) < 4.78 is 32.1. The zero-order valence-electron chi connectivity index (χ0n) is 16.8. The van der Waals surface area contributed by atoms with E-state index in [0.717, 1.165) is 36.3 Å². The number of carbonyl (C=O) groups excluding carboxylic acids is 1. The topological polar surface area (TPSA) is 82.2 Å². The molecule has 0 aliphatic carbocycles. The molecule has 1 fully saturated rings. The number of nitrogens with zero attached hydrogens (tertiary/aromatic N) is 3. The van der Waals surface area contributed by atoms with Crippen LogP contribution in [0.1, 0.15) is 10.4 Å². The highest BCUT2D eigenvalue weighted by atomic mass is 32.2. The summed E-state index contributed by atoms with van der Waals surface area (Å²) in [5, 5.41) is 2.86. The van der Waals surface area contributed by atoms with Crippen molar-refractivity contribution in [3.63, 3.8) is 0 Å². The summed E-state index contributed by atoms with van der Waals surface area (Å²) in [4.78, 5) is 14.8. The second kappa shape index (κ2) is 8.81. The minimum atomic E-state index is -3.57. The molecule has 8 nitrogen and oxygen atoms in total. The zero-order valence-corrected chi connectivity index (χ0v) is 17.6. The first-order chi connectivity index (χ1) is 13.8. The quantitative estimate of drug-likeness (QED) is 0.776. The Labute approximate surface area is 171 Å². The highest BCUT2D eigenvalue weighted by molar-refractivity contribution is 7.90. The van der Waals surface area contributed by atoms with Gasteiger partial charge in [0.15, 0.2) is 0 Å². The van der Waals surface area contributed by atoms with Gasteiger partial charge in [0, 0.05) is 51.2 Å². The fourth-order valence-electron chi connectivity index (χ4n) is 2.98. The van der Waals surface area contributed by atoms with E-state index in [1.54, 1.807) is 24.3 Å². The number of ether oxygens (including phenoxy) is 1. The van der Waals surface area contributed by atoms with Gasteiger partial charge in [0.25, 0.3) is 5.91 Å². The smallest absolute Gasteiger partial charge is 0.303 e. The SMILES string of the molecule is CN(C)S(=O)(=O)N(C)c1ccc(C(=O)Nc2ccc(N3CCOCC3)cc2)cc1. The number of benzene rings is 2. The monoisotopic (exact) mass is 418 g/mol. The summed E-state index contributed by atoms with van der Waals surface area (Å²) >= 11 is 0. The molecule has 1 aliphatic rings. The molecular weight excluding hydrogens is 392 g/mol. The second-order valence-electron chi connectivity index (χ2n) is 6.90. The zero-order chi connectivity index (χ0) is 21.0. The third kappa shape index (κ3) is 4.87. The predicted molar refractivity (Wildman–Crippen MR) is 115 cm³/mol. The fourth-order valence-corrected chi connectivity index (χ4v) is 3.86. The molecule has 1 N–H and O–H groups in total. The van der Waals surface area contributed by atoms with Crippen LogP contribution in [0.2, 0.25) is 0 Å². The molecule has 2 aromatic rings. The van der Waals surface area contributed by atoms with Gasteiger partial charge in [-0.05, 0) is 48.5 Å². The van der Waals surface area contributed by atoms with Crippen molar-refractivity contribution in [2.24, 2.45) is 0 Å². The molecule has 0 unspecified atom stereocenters. The van der Waals surface area contributed by atoms with Gasteiger partial charge < -0.3 is 15.0 Å². The molecule has 1 amide bonds. The van der Waals surface area contributed by atoms with Gasteiger partial charge in [0.1, 0.15) is 0 Å². The number of rotatable bonds is 6. The molecule has 0 spiro atoms. The van der Waals surface area contributed by atoms with Gasteiger partial charge in [0.05, 0.1) is 18.9 Å². The minimum Gasteiger partial charge on any atom is -0.378 e. The van der Waals surface area contributed by atoms with Crippen molar-refractivity contribution in [3.05, 3.63) is 54.1 Å². The van der Waals surface area contributed by atoms with Crippen molar-refractivity contribution >= 4 is 33.2 Å². The lowest BCUT2D eigenvalue weighted by Gasteiger charge is -2.28. The predicted octanol–water partition coefficient (Wildman–Crippen LogP) is 2.02. The Kier molecular flexibility index (Phi) is 6.41. The van der Waals surface area contributed by atoms with Crippen LogP contribution in [0.15, 0.2) is 48.5 Å². The Morgan fingerprint density at radius 2 is 1.55 bits per heavy atom. The maximum atomic E-state index is 12.5. The molecule has 3 rings (SSSR count). The van der Waals surface area contributed by atoms with Crippen LogP contribution in [0.5, 0.6) is 0 Å². The van der Waals surface area contributed by atoms with E-state index >= 15 is 0 Å². The molecular formula is C20H26N4O4S. The summed E-state index contributed by atoms with van der Waals surface area (Å²) in [5.41, 5.74) is 2.72. The second-order valence-corrected chi connectivity index (χ2v) is 9.08. The molecule has 1 heterocycles. The van der Waals surface area contributed by atoms with Crippen LogP contribution in [0.25, 0.3) is 0 Å². The molecule has 1 aliphatic heterocycles.